The second kappa shape index (κ2) is 8.05. The van der Waals surface area contributed by atoms with Crippen LogP contribution in [0.4, 0.5) is 5.69 Å². The Bertz CT molecular complexity index is 836. The predicted molar refractivity (Wildman–Crippen MR) is 100 cm³/mol. The Morgan fingerprint density at radius 1 is 1.11 bits per heavy atom. The second-order valence-electron chi connectivity index (χ2n) is 7.39. The van der Waals surface area contributed by atoms with E-state index in [0.29, 0.717) is 29.8 Å². The van der Waals surface area contributed by atoms with Gasteiger partial charge in [-0.1, -0.05) is 0 Å². The smallest absolute Gasteiger partial charge is 0.269 e. The summed E-state index contributed by atoms with van der Waals surface area (Å²) in [6, 6.07) is 6.04. The highest BCUT2D eigenvalue weighted by atomic mass is 16.6. The summed E-state index contributed by atoms with van der Waals surface area (Å²) in [5.74, 6) is 1.31. The average Bonchev–Trinajstić information content (AvgIpc) is 3.40. The number of rotatable bonds is 5. The number of carbonyl (C=O) groups excluding carboxylic acids is 1. The summed E-state index contributed by atoms with van der Waals surface area (Å²) in [6.45, 7) is 4.03. The molecular formula is C19H23N5O4. The van der Waals surface area contributed by atoms with Gasteiger partial charge < -0.3 is 9.32 Å². The maximum atomic E-state index is 12.5. The van der Waals surface area contributed by atoms with Crippen molar-refractivity contribution in [3.63, 3.8) is 0 Å². The molecule has 9 heteroatoms. The van der Waals surface area contributed by atoms with Crippen LogP contribution in [-0.2, 0) is 11.3 Å². The number of non-ortho nitro benzene ring substituents is 1. The minimum absolute atomic E-state index is 0.0230. The Morgan fingerprint density at radius 2 is 1.79 bits per heavy atom. The Hall–Kier alpha value is -2.81. The Kier molecular flexibility index (Phi) is 5.34. The first-order valence-electron chi connectivity index (χ1n) is 9.68. The van der Waals surface area contributed by atoms with Gasteiger partial charge in [0.25, 0.3) is 5.69 Å². The predicted octanol–water partition coefficient (Wildman–Crippen LogP) is 2.48. The van der Waals surface area contributed by atoms with Crippen LogP contribution in [0.25, 0.3) is 11.5 Å². The number of piperidine rings is 1. The van der Waals surface area contributed by atoms with Crippen LogP contribution < -0.4 is 0 Å². The van der Waals surface area contributed by atoms with Crippen LogP contribution in [0.3, 0.4) is 0 Å². The molecule has 9 nitrogen and oxygen atoms in total. The third-order valence-electron chi connectivity index (χ3n) is 5.51. The molecule has 148 valence electrons. The van der Waals surface area contributed by atoms with Crippen LogP contribution in [0.2, 0.25) is 0 Å². The topological polar surface area (TPSA) is 106 Å². The van der Waals surface area contributed by atoms with Gasteiger partial charge in [-0.15, -0.1) is 10.2 Å². The van der Waals surface area contributed by atoms with Crippen molar-refractivity contribution in [3.05, 3.63) is 40.3 Å². The van der Waals surface area contributed by atoms with E-state index in [-0.39, 0.29) is 11.6 Å². The van der Waals surface area contributed by atoms with Gasteiger partial charge in [-0.3, -0.25) is 19.8 Å². The van der Waals surface area contributed by atoms with E-state index >= 15 is 0 Å². The van der Waals surface area contributed by atoms with E-state index in [2.05, 4.69) is 15.1 Å². The van der Waals surface area contributed by atoms with E-state index in [1.165, 1.54) is 12.1 Å². The lowest BCUT2D eigenvalue weighted by Gasteiger charge is -2.32. The molecule has 1 amide bonds. The number of nitrogens with zero attached hydrogens (tertiary/aromatic N) is 5. The highest BCUT2D eigenvalue weighted by Gasteiger charge is 2.30. The molecule has 2 aliphatic heterocycles. The van der Waals surface area contributed by atoms with Gasteiger partial charge in [0.1, 0.15) is 0 Å². The number of benzene rings is 1. The third kappa shape index (κ3) is 4.04. The lowest BCUT2D eigenvalue weighted by molar-refractivity contribution is -0.384. The number of nitro benzene ring substituents is 1. The van der Waals surface area contributed by atoms with Crippen LogP contribution in [0.5, 0.6) is 0 Å². The number of hydrogen-bond donors (Lipinski definition) is 0. The van der Waals surface area contributed by atoms with Gasteiger partial charge >= 0.3 is 0 Å². The zero-order valence-electron chi connectivity index (χ0n) is 15.6. The average molecular weight is 385 g/mol. The highest BCUT2D eigenvalue weighted by molar-refractivity contribution is 5.79. The largest absolute Gasteiger partial charge is 0.419 e. The van der Waals surface area contributed by atoms with E-state index in [1.807, 2.05) is 4.90 Å². The van der Waals surface area contributed by atoms with Gasteiger partial charge in [-0.05, 0) is 50.9 Å². The molecule has 2 aromatic rings. The molecule has 0 bridgehead atoms. The van der Waals surface area contributed by atoms with Gasteiger partial charge in [0.05, 0.1) is 11.5 Å². The number of nitro groups is 1. The normalized spacial score (nSPS) is 18.5. The van der Waals surface area contributed by atoms with E-state index < -0.39 is 4.92 Å². The van der Waals surface area contributed by atoms with Crippen LogP contribution in [-0.4, -0.2) is 57.0 Å². The van der Waals surface area contributed by atoms with E-state index in [9.17, 15) is 14.9 Å². The molecule has 3 heterocycles. The molecule has 0 atom stereocenters. The Balaban J connectivity index is 1.31. The van der Waals surface area contributed by atoms with Crippen molar-refractivity contribution < 1.29 is 14.1 Å². The van der Waals surface area contributed by atoms with Crippen molar-refractivity contribution in [2.24, 2.45) is 5.92 Å². The maximum Gasteiger partial charge on any atom is 0.269 e. The lowest BCUT2D eigenvalue weighted by atomic mass is 9.95. The molecule has 0 N–H and O–H groups in total. The molecule has 0 saturated carbocycles. The molecule has 1 aromatic carbocycles. The molecule has 2 saturated heterocycles. The van der Waals surface area contributed by atoms with Crippen LogP contribution in [0, 0.1) is 16.0 Å². The van der Waals surface area contributed by atoms with Crippen molar-refractivity contribution >= 4 is 11.6 Å². The fourth-order valence-electron chi connectivity index (χ4n) is 3.88. The van der Waals surface area contributed by atoms with Gasteiger partial charge in [-0.25, -0.2) is 0 Å². The first kappa shape index (κ1) is 18.5. The Morgan fingerprint density at radius 3 is 2.43 bits per heavy atom. The summed E-state index contributed by atoms with van der Waals surface area (Å²) in [5.41, 5.74) is 0.675. The summed E-state index contributed by atoms with van der Waals surface area (Å²) in [5, 5.41) is 18.9. The zero-order valence-corrected chi connectivity index (χ0v) is 15.6. The molecule has 0 unspecified atom stereocenters. The first-order valence-corrected chi connectivity index (χ1v) is 9.68. The summed E-state index contributed by atoms with van der Waals surface area (Å²) < 4.78 is 5.72. The van der Waals surface area contributed by atoms with Gasteiger partial charge in [0.2, 0.25) is 17.7 Å². The third-order valence-corrected chi connectivity index (χ3v) is 5.51. The van der Waals surface area contributed by atoms with Gasteiger partial charge in [-0.2, -0.15) is 0 Å². The minimum atomic E-state index is -0.443. The maximum absolute atomic E-state index is 12.5. The molecule has 28 heavy (non-hydrogen) atoms. The number of amides is 1. The van der Waals surface area contributed by atoms with Crippen LogP contribution >= 0.6 is 0 Å². The van der Waals surface area contributed by atoms with Crippen molar-refractivity contribution in [1.82, 2.24) is 20.0 Å². The number of aromatic nitrogens is 2. The summed E-state index contributed by atoms with van der Waals surface area (Å²) in [4.78, 5) is 27.0. The SMILES string of the molecule is O=C(C1CCN(Cc2nnc(-c3ccc([N+](=O)[O-])cc3)o2)CC1)N1CCCC1. The van der Waals surface area contributed by atoms with E-state index in [4.69, 9.17) is 4.42 Å². The number of hydrogen-bond acceptors (Lipinski definition) is 7. The minimum Gasteiger partial charge on any atom is -0.419 e. The summed E-state index contributed by atoms with van der Waals surface area (Å²) in [6.07, 6.45) is 3.97. The van der Waals surface area contributed by atoms with Crippen molar-refractivity contribution in [1.29, 1.82) is 0 Å². The molecular weight excluding hydrogens is 362 g/mol. The lowest BCUT2D eigenvalue weighted by Crippen LogP contribution is -2.41. The van der Waals surface area contributed by atoms with Crippen LogP contribution in [0.1, 0.15) is 31.6 Å². The fraction of sp³-hybridized carbons (Fsp3) is 0.526. The van der Waals surface area contributed by atoms with Gasteiger partial charge in [0.15, 0.2) is 0 Å². The fourth-order valence-corrected chi connectivity index (χ4v) is 3.88. The summed E-state index contributed by atoms with van der Waals surface area (Å²) in [7, 11) is 0. The molecule has 0 radical (unpaired) electrons. The number of likely N-dealkylation sites (tertiary alicyclic amines) is 2. The molecule has 0 spiro atoms. The van der Waals surface area contributed by atoms with E-state index in [1.54, 1.807) is 12.1 Å². The monoisotopic (exact) mass is 385 g/mol. The first-order chi connectivity index (χ1) is 13.6. The number of carbonyl (C=O) groups is 1. The zero-order chi connectivity index (χ0) is 19.5. The van der Waals surface area contributed by atoms with Crippen molar-refractivity contribution in [2.75, 3.05) is 26.2 Å². The molecule has 2 fully saturated rings. The quantitative estimate of drug-likeness (QED) is 0.575. The standard InChI is InChI=1S/C19H23N5O4/c25-19(23-9-1-2-10-23)15-7-11-22(12-8-15)13-17-20-21-18(28-17)14-3-5-16(6-4-14)24(26)27/h3-6,15H,1-2,7-13H2. The van der Waals surface area contributed by atoms with Crippen molar-refractivity contribution in [3.8, 4) is 11.5 Å². The van der Waals surface area contributed by atoms with Gasteiger partial charge in [0, 0.05) is 36.7 Å². The second-order valence-corrected chi connectivity index (χ2v) is 7.39. The molecule has 4 rings (SSSR count). The molecule has 1 aromatic heterocycles. The summed E-state index contributed by atoms with van der Waals surface area (Å²) >= 11 is 0. The van der Waals surface area contributed by atoms with Crippen molar-refractivity contribution in [2.45, 2.75) is 32.2 Å². The van der Waals surface area contributed by atoms with E-state index in [0.717, 1.165) is 51.9 Å². The highest BCUT2D eigenvalue weighted by Crippen LogP contribution is 2.25. The van der Waals surface area contributed by atoms with Crippen LogP contribution in [0.15, 0.2) is 28.7 Å². The Labute approximate surface area is 162 Å². The molecule has 0 aliphatic carbocycles. The molecule has 2 aliphatic rings.